The number of hydrogen-bond donors (Lipinski definition) is 1. The van der Waals surface area contributed by atoms with Gasteiger partial charge in [-0.2, -0.15) is 0 Å². The summed E-state index contributed by atoms with van der Waals surface area (Å²) in [5.41, 5.74) is 1.14. The van der Waals surface area contributed by atoms with E-state index < -0.39 is 5.82 Å². The molecule has 1 aromatic heterocycles. The molecule has 1 heterocycles. The van der Waals surface area contributed by atoms with Crippen LogP contribution in [0.25, 0.3) is 0 Å². The number of anilines is 1. The summed E-state index contributed by atoms with van der Waals surface area (Å²) in [5, 5.41) is 12.9. The number of halogens is 3. The van der Waals surface area contributed by atoms with Crippen molar-refractivity contribution >= 4 is 58.3 Å². The van der Waals surface area contributed by atoms with E-state index in [9.17, 15) is 9.18 Å². The smallest absolute Gasteiger partial charge is 0.234 e. The van der Waals surface area contributed by atoms with Crippen LogP contribution in [0.3, 0.4) is 0 Å². The Labute approximate surface area is 198 Å². The van der Waals surface area contributed by atoms with E-state index in [1.165, 1.54) is 23.9 Å². The van der Waals surface area contributed by atoms with Crippen LogP contribution < -0.4 is 5.32 Å². The molecule has 0 unspecified atom stereocenters. The molecular weight excluding hydrogens is 478 g/mol. The highest BCUT2D eigenvalue weighted by Gasteiger charge is 2.15. The Bertz CT molecular complexity index is 1080. The third-order valence-corrected chi connectivity index (χ3v) is 6.62. The van der Waals surface area contributed by atoms with Gasteiger partial charge in [0.1, 0.15) is 11.6 Å². The molecule has 10 heteroatoms. The number of rotatable bonds is 10. The van der Waals surface area contributed by atoms with Gasteiger partial charge in [-0.25, -0.2) is 4.39 Å². The molecule has 0 aliphatic heterocycles. The lowest BCUT2D eigenvalue weighted by atomic mass is 10.2. The second kappa shape index (κ2) is 11.6. The molecule has 0 atom stereocenters. The number of nitrogens with zero attached hydrogens (tertiary/aromatic N) is 3. The molecule has 0 aliphatic rings. The number of para-hydroxylation sites is 1. The van der Waals surface area contributed by atoms with E-state index in [2.05, 4.69) is 22.1 Å². The van der Waals surface area contributed by atoms with Crippen molar-refractivity contribution < 1.29 is 9.18 Å². The largest absolute Gasteiger partial charge is 0.323 e. The maximum absolute atomic E-state index is 13.7. The third-order valence-electron chi connectivity index (χ3n) is 4.09. The molecule has 0 spiro atoms. The minimum atomic E-state index is -0.476. The molecule has 3 aromatic rings. The molecule has 0 saturated heterocycles. The number of hydrogen-bond acceptors (Lipinski definition) is 5. The lowest BCUT2D eigenvalue weighted by molar-refractivity contribution is -0.113. The third kappa shape index (κ3) is 6.74. The number of carbonyl (C=O) groups excluding carboxylic acids is 1. The molecule has 0 radical (unpaired) electrons. The molecule has 1 N–H and O–H groups in total. The summed E-state index contributed by atoms with van der Waals surface area (Å²) in [6, 6.07) is 11.5. The van der Waals surface area contributed by atoms with Crippen molar-refractivity contribution in [2.45, 2.75) is 23.2 Å². The number of benzene rings is 2. The summed E-state index contributed by atoms with van der Waals surface area (Å²) < 4.78 is 15.6. The highest BCUT2D eigenvalue weighted by atomic mass is 35.5. The lowest BCUT2D eigenvalue weighted by Crippen LogP contribution is -2.15. The predicted octanol–water partition coefficient (Wildman–Crippen LogP) is 6.07. The van der Waals surface area contributed by atoms with Crippen molar-refractivity contribution in [3.8, 4) is 0 Å². The van der Waals surface area contributed by atoms with Crippen molar-refractivity contribution in [2.24, 2.45) is 0 Å². The fraction of sp³-hybridized carbons (Fsp3) is 0.190. The van der Waals surface area contributed by atoms with E-state index in [0.29, 0.717) is 33.3 Å². The molecule has 5 nitrogen and oxygen atoms in total. The van der Waals surface area contributed by atoms with E-state index in [4.69, 9.17) is 23.2 Å². The topological polar surface area (TPSA) is 59.8 Å². The molecule has 31 heavy (non-hydrogen) atoms. The second-order valence-electron chi connectivity index (χ2n) is 6.34. The first-order valence-corrected chi connectivity index (χ1v) is 12.1. The van der Waals surface area contributed by atoms with Crippen molar-refractivity contribution in [3.05, 3.63) is 82.4 Å². The number of amides is 1. The van der Waals surface area contributed by atoms with Crippen LogP contribution in [0, 0.1) is 5.82 Å². The fourth-order valence-corrected chi connectivity index (χ4v) is 4.91. The maximum atomic E-state index is 13.7. The summed E-state index contributed by atoms with van der Waals surface area (Å²) >= 11 is 15.0. The first-order valence-electron chi connectivity index (χ1n) is 9.19. The molecule has 2 aromatic carbocycles. The van der Waals surface area contributed by atoms with Gasteiger partial charge in [0.05, 0.1) is 17.2 Å². The monoisotopic (exact) mass is 496 g/mol. The molecule has 0 bridgehead atoms. The molecule has 0 fully saturated rings. The first-order chi connectivity index (χ1) is 15.0. The van der Waals surface area contributed by atoms with E-state index in [-0.39, 0.29) is 17.3 Å². The standard InChI is InChI=1S/C21H19Cl2FN4OS2/c1-2-9-28-19(12-30-11-14-7-8-15(22)10-16(14)23)26-27-21(28)31-13-20(29)25-18-6-4-3-5-17(18)24/h2-8,10H,1,9,11-13H2,(H,25,29). The zero-order valence-electron chi connectivity index (χ0n) is 16.4. The average Bonchev–Trinajstić information content (AvgIpc) is 3.12. The second-order valence-corrected chi connectivity index (χ2v) is 9.12. The van der Waals surface area contributed by atoms with Crippen LogP contribution in [0.15, 0.2) is 60.3 Å². The Morgan fingerprint density at radius 3 is 2.74 bits per heavy atom. The molecular formula is C21H19Cl2FN4OS2. The van der Waals surface area contributed by atoms with Crippen molar-refractivity contribution in [1.82, 2.24) is 14.8 Å². The zero-order valence-corrected chi connectivity index (χ0v) is 19.5. The number of carbonyl (C=O) groups is 1. The summed E-state index contributed by atoms with van der Waals surface area (Å²) in [6.45, 7) is 4.30. The van der Waals surface area contributed by atoms with Crippen LogP contribution in [0.2, 0.25) is 10.0 Å². The molecule has 162 valence electrons. The number of thioether (sulfide) groups is 2. The van der Waals surface area contributed by atoms with Gasteiger partial charge in [0.2, 0.25) is 5.91 Å². The number of nitrogens with one attached hydrogen (secondary N) is 1. The fourth-order valence-electron chi connectivity index (χ4n) is 2.61. The number of aromatic nitrogens is 3. The Morgan fingerprint density at radius 2 is 2.00 bits per heavy atom. The summed E-state index contributed by atoms with van der Waals surface area (Å²) in [7, 11) is 0. The van der Waals surface area contributed by atoms with Gasteiger partial charge in [-0.3, -0.25) is 4.79 Å². The van der Waals surface area contributed by atoms with Crippen LogP contribution in [-0.4, -0.2) is 26.4 Å². The van der Waals surface area contributed by atoms with E-state index in [1.54, 1.807) is 36.0 Å². The van der Waals surface area contributed by atoms with E-state index in [1.807, 2.05) is 16.7 Å². The van der Waals surface area contributed by atoms with E-state index in [0.717, 1.165) is 11.4 Å². The van der Waals surface area contributed by atoms with Crippen LogP contribution >= 0.6 is 46.7 Å². The van der Waals surface area contributed by atoms with Crippen LogP contribution in [0.4, 0.5) is 10.1 Å². The summed E-state index contributed by atoms with van der Waals surface area (Å²) in [6.07, 6.45) is 1.75. The van der Waals surface area contributed by atoms with Gasteiger partial charge in [0.25, 0.3) is 0 Å². The van der Waals surface area contributed by atoms with Gasteiger partial charge in [-0.1, -0.05) is 59.2 Å². The minimum Gasteiger partial charge on any atom is -0.323 e. The van der Waals surface area contributed by atoms with Gasteiger partial charge in [-0.05, 0) is 29.8 Å². The quantitative estimate of drug-likeness (QED) is 0.272. The van der Waals surface area contributed by atoms with Crippen molar-refractivity contribution in [1.29, 1.82) is 0 Å². The molecule has 1 amide bonds. The summed E-state index contributed by atoms with van der Waals surface area (Å²) in [4.78, 5) is 12.2. The Balaban J connectivity index is 1.58. The SMILES string of the molecule is C=CCn1c(CSCc2ccc(Cl)cc2Cl)nnc1SCC(=O)Nc1ccccc1F. The maximum Gasteiger partial charge on any atom is 0.234 e. The lowest BCUT2D eigenvalue weighted by Gasteiger charge is -2.09. The normalized spacial score (nSPS) is 10.8. The highest BCUT2D eigenvalue weighted by molar-refractivity contribution is 7.99. The Kier molecular flexibility index (Phi) is 8.83. The molecule has 0 aliphatic carbocycles. The van der Waals surface area contributed by atoms with Gasteiger partial charge >= 0.3 is 0 Å². The predicted molar refractivity (Wildman–Crippen MR) is 127 cm³/mol. The van der Waals surface area contributed by atoms with E-state index >= 15 is 0 Å². The van der Waals surface area contributed by atoms with Crippen molar-refractivity contribution in [2.75, 3.05) is 11.1 Å². The van der Waals surface area contributed by atoms with Crippen LogP contribution in [-0.2, 0) is 22.8 Å². The zero-order chi connectivity index (χ0) is 22.2. The Morgan fingerprint density at radius 1 is 1.19 bits per heavy atom. The average molecular weight is 497 g/mol. The van der Waals surface area contributed by atoms with Gasteiger partial charge in [0.15, 0.2) is 5.16 Å². The van der Waals surface area contributed by atoms with Gasteiger partial charge < -0.3 is 9.88 Å². The van der Waals surface area contributed by atoms with Crippen LogP contribution in [0.1, 0.15) is 11.4 Å². The minimum absolute atomic E-state index is 0.0805. The van der Waals surface area contributed by atoms with Crippen molar-refractivity contribution in [3.63, 3.8) is 0 Å². The number of allylic oxidation sites excluding steroid dienone is 1. The van der Waals surface area contributed by atoms with Gasteiger partial charge in [0, 0.05) is 22.3 Å². The molecule has 3 rings (SSSR count). The summed E-state index contributed by atoms with van der Waals surface area (Å²) in [5.74, 6) is 1.36. The van der Waals surface area contributed by atoms with Gasteiger partial charge in [-0.15, -0.1) is 28.5 Å². The molecule has 0 saturated carbocycles. The Hall–Kier alpha value is -2.00. The highest BCUT2D eigenvalue weighted by Crippen LogP contribution is 2.27. The first kappa shape index (κ1) is 23.7. The van der Waals surface area contributed by atoms with Crippen LogP contribution in [0.5, 0.6) is 0 Å².